The molecule has 28 heavy (non-hydrogen) atoms. The van der Waals surface area contributed by atoms with Crippen LogP contribution in [0.3, 0.4) is 0 Å². The van der Waals surface area contributed by atoms with E-state index in [1.54, 1.807) is 18.2 Å². The summed E-state index contributed by atoms with van der Waals surface area (Å²) in [5, 5.41) is 0. The van der Waals surface area contributed by atoms with E-state index < -0.39 is 10.2 Å². The Bertz CT molecular complexity index is 895. The number of piperidine rings is 1. The zero-order chi connectivity index (χ0) is 19.7. The van der Waals surface area contributed by atoms with Gasteiger partial charge in [0.25, 0.3) is 0 Å². The first-order valence-electron chi connectivity index (χ1n) is 9.44. The van der Waals surface area contributed by atoms with E-state index in [-0.39, 0.29) is 23.6 Å². The van der Waals surface area contributed by atoms with Gasteiger partial charge in [-0.3, -0.25) is 9.52 Å². The average Bonchev–Trinajstić information content (AvgIpc) is 3.19. The Morgan fingerprint density at radius 3 is 3.04 bits per heavy atom. The molecule has 0 saturated carbocycles. The topological polar surface area (TPSA) is 123 Å². The molecule has 3 heterocycles. The summed E-state index contributed by atoms with van der Waals surface area (Å²) in [6, 6.07) is 5.06. The third-order valence-corrected chi connectivity index (χ3v) is 6.24. The van der Waals surface area contributed by atoms with Crippen molar-refractivity contribution in [1.82, 2.24) is 4.90 Å². The predicted octanol–water partition coefficient (Wildman–Crippen LogP) is 0.716. The predicted molar refractivity (Wildman–Crippen MR) is 103 cm³/mol. The third kappa shape index (κ3) is 3.93. The molecular weight excluding hydrogens is 384 g/mol. The number of likely N-dealkylation sites (tertiary alicyclic amines) is 1. The van der Waals surface area contributed by atoms with Crippen molar-refractivity contribution >= 4 is 27.6 Å². The highest BCUT2D eigenvalue weighted by atomic mass is 32.2. The minimum Gasteiger partial charge on any atom is -0.492 e. The van der Waals surface area contributed by atoms with Crippen LogP contribution in [-0.2, 0) is 19.7 Å². The number of nitrogens with two attached hydrogens (primary N) is 1. The number of carbonyl (C=O) groups excluding carboxylic acids is 1. The maximum atomic E-state index is 12.6. The number of fused-ring (bicyclic) bond motifs is 1. The number of amides is 1. The molecule has 2 atom stereocenters. The Kier molecular flexibility index (Phi) is 5.15. The lowest BCUT2D eigenvalue weighted by Gasteiger charge is -2.34. The van der Waals surface area contributed by atoms with Crippen LogP contribution in [0, 0.1) is 11.8 Å². The van der Waals surface area contributed by atoms with Gasteiger partial charge in [-0.05, 0) is 31.4 Å². The van der Waals surface area contributed by atoms with Crippen molar-refractivity contribution in [3.8, 4) is 5.75 Å². The molecule has 4 rings (SSSR count). The van der Waals surface area contributed by atoms with Crippen LogP contribution in [0.15, 0.2) is 22.6 Å². The van der Waals surface area contributed by atoms with Gasteiger partial charge in [-0.1, -0.05) is 6.07 Å². The Morgan fingerprint density at radius 2 is 2.25 bits per heavy atom. The second kappa shape index (κ2) is 7.59. The number of carbonyl (C=O) groups is 1. The molecular formula is C18H24N4O5S. The van der Waals surface area contributed by atoms with E-state index in [2.05, 4.69) is 9.12 Å². The summed E-state index contributed by atoms with van der Waals surface area (Å²) in [5.41, 5.74) is 6.65. The number of anilines is 1. The second-order valence-electron chi connectivity index (χ2n) is 7.40. The SMILES string of the molecule is NC1=NS(=O)(=O)Nc2cccc(OCC3CCCN(C(=O)C4CCOC4)C3)c21. The Labute approximate surface area is 164 Å². The van der Waals surface area contributed by atoms with Crippen molar-refractivity contribution in [3.05, 3.63) is 23.8 Å². The van der Waals surface area contributed by atoms with Gasteiger partial charge in [0, 0.05) is 25.6 Å². The van der Waals surface area contributed by atoms with E-state index >= 15 is 0 Å². The van der Waals surface area contributed by atoms with Gasteiger partial charge in [-0.15, -0.1) is 4.40 Å². The zero-order valence-corrected chi connectivity index (χ0v) is 16.3. The van der Waals surface area contributed by atoms with Gasteiger partial charge in [-0.2, -0.15) is 8.42 Å². The number of ether oxygens (including phenoxy) is 2. The highest BCUT2D eigenvalue weighted by Gasteiger charge is 2.32. The molecule has 3 aliphatic rings. The summed E-state index contributed by atoms with van der Waals surface area (Å²) in [6.07, 6.45) is 2.70. The van der Waals surface area contributed by atoms with E-state index in [0.717, 1.165) is 25.8 Å². The van der Waals surface area contributed by atoms with Gasteiger partial charge in [0.05, 0.1) is 30.4 Å². The second-order valence-corrected chi connectivity index (χ2v) is 8.73. The molecule has 9 nitrogen and oxygen atoms in total. The van der Waals surface area contributed by atoms with Crippen molar-refractivity contribution in [2.45, 2.75) is 19.3 Å². The molecule has 0 spiro atoms. The molecule has 0 aliphatic carbocycles. The van der Waals surface area contributed by atoms with Crippen molar-refractivity contribution in [1.29, 1.82) is 0 Å². The van der Waals surface area contributed by atoms with Crippen LogP contribution >= 0.6 is 0 Å². The number of hydrogen-bond donors (Lipinski definition) is 2. The monoisotopic (exact) mass is 408 g/mol. The summed E-state index contributed by atoms with van der Waals surface area (Å²) in [4.78, 5) is 14.5. The van der Waals surface area contributed by atoms with Crippen molar-refractivity contribution in [2.75, 3.05) is 37.6 Å². The minimum absolute atomic E-state index is 0.0233. The molecule has 3 N–H and O–H groups in total. The molecule has 10 heteroatoms. The Balaban J connectivity index is 1.42. The highest BCUT2D eigenvalue weighted by Crippen LogP contribution is 2.31. The fourth-order valence-corrected chi connectivity index (χ4v) is 4.78. The van der Waals surface area contributed by atoms with Gasteiger partial charge < -0.3 is 20.1 Å². The minimum atomic E-state index is -3.82. The molecule has 2 saturated heterocycles. The van der Waals surface area contributed by atoms with Crippen molar-refractivity contribution in [3.63, 3.8) is 0 Å². The lowest BCUT2D eigenvalue weighted by atomic mass is 9.97. The number of nitrogens with zero attached hydrogens (tertiary/aromatic N) is 2. The number of amidine groups is 1. The standard InChI is InChI=1S/C18H24N4O5S/c19-17-16-14(20-28(24,25)21-17)4-1-5-15(16)27-10-12-3-2-7-22(9-12)18(23)13-6-8-26-11-13/h1,4-5,12-13,20H,2-3,6-11H2,(H2,19,21). The molecule has 1 aromatic carbocycles. The first kappa shape index (κ1) is 19.0. The molecule has 0 radical (unpaired) electrons. The van der Waals surface area contributed by atoms with E-state index in [0.29, 0.717) is 43.4 Å². The first-order valence-corrected chi connectivity index (χ1v) is 10.9. The number of rotatable bonds is 4. The van der Waals surface area contributed by atoms with Crippen LogP contribution in [-0.4, -0.2) is 58.0 Å². The zero-order valence-electron chi connectivity index (χ0n) is 15.5. The van der Waals surface area contributed by atoms with Crippen LogP contribution in [0.25, 0.3) is 0 Å². The van der Waals surface area contributed by atoms with E-state index in [4.69, 9.17) is 15.2 Å². The maximum absolute atomic E-state index is 12.6. The first-order chi connectivity index (χ1) is 13.4. The molecule has 2 unspecified atom stereocenters. The normalized spacial score (nSPS) is 26.1. The van der Waals surface area contributed by atoms with Crippen LogP contribution in [0.2, 0.25) is 0 Å². The highest BCUT2D eigenvalue weighted by molar-refractivity contribution is 7.91. The van der Waals surface area contributed by atoms with E-state index in [1.807, 2.05) is 4.90 Å². The summed E-state index contributed by atoms with van der Waals surface area (Å²) >= 11 is 0. The molecule has 0 bridgehead atoms. The Hall–Kier alpha value is -2.33. The number of hydrogen-bond acceptors (Lipinski definition) is 6. The number of benzene rings is 1. The Morgan fingerprint density at radius 1 is 1.39 bits per heavy atom. The quantitative estimate of drug-likeness (QED) is 0.757. The summed E-state index contributed by atoms with van der Waals surface area (Å²) in [6.45, 7) is 3.01. The molecule has 1 amide bonds. The fourth-order valence-electron chi connectivity index (χ4n) is 3.93. The van der Waals surface area contributed by atoms with Crippen LogP contribution < -0.4 is 15.2 Å². The summed E-state index contributed by atoms with van der Waals surface area (Å²) < 4.78 is 40.5. The maximum Gasteiger partial charge on any atom is 0.344 e. The molecule has 1 aromatic rings. The van der Waals surface area contributed by atoms with Gasteiger partial charge in [0.1, 0.15) is 5.75 Å². The fraction of sp³-hybridized carbons (Fsp3) is 0.556. The van der Waals surface area contributed by atoms with Gasteiger partial charge in [-0.25, -0.2) is 0 Å². The summed E-state index contributed by atoms with van der Waals surface area (Å²) in [7, 11) is -3.82. The molecule has 0 aromatic heterocycles. The largest absolute Gasteiger partial charge is 0.492 e. The van der Waals surface area contributed by atoms with Gasteiger partial charge >= 0.3 is 10.2 Å². The molecule has 2 fully saturated rings. The smallest absolute Gasteiger partial charge is 0.344 e. The van der Waals surface area contributed by atoms with Crippen LogP contribution in [0.1, 0.15) is 24.8 Å². The van der Waals surface area contributed by atoms with Crippen molar-refractivity contribution < 1.29 is 22.7 Å². The average molecular weight is 408 g/mol. The number of nitrogens with one attached hydrogen (secondary N) is 1. The molecule has 152 valence electrons. The van der Waals surface area contributed by atoms with Crippen LogP contribution in [0.5, 0.6) is 5.75 Å². The van der Waals surface area contributed by atoms with E-state index in [1.165, 1.54) is 0 Å². The lowest BCUT2D eigenvalue weighted by Crippen LogP contribution is -2.44. The lowest BCUT2D eigenvalue weighted by molar-refractivity contribution is -0.137. The van der Waals surface area contributed by atoms with Crippen LogP contribution in [0.4, 0.5) is 5.69 Å². The van der Waals surface area contributed by atoms with Crippen molar-refractivity contribution in [2.24, 2.45) is 22.0 Å². The molecule has 3 aliphatic heterocycles. The summed E-state index contributed by atoms with van der Waals surface area (Å²) in [5.74, 6) is 0.740. The van der Waals surface area contributed by atoms with E-state index in [9.17, 15) is 13.2 Å². The van der Waals surface area contributed by atoms with Gasteiger partial charge in [0.2, 0.25) is 5.91 Å². The van der Waals surface area contributed by atoms with Gasteiger partial charge in [0.15, 0.2) is 5.84 Å². The third-order valence-electron chi connectivity index (χ3n) is 5.32.